The standard InChI is InChI=1S/C16H23F5O4Si/c1-4-7-23-26(24-8-5-2,25-9-6-3)10-22-16-14(20)12(18)11(17)13(19)15(16)21/h4-10H2,1-3H3. The minimum atomic E-state index is -3.53. The van der Waals surface area contributed by atoms with Crippen LogP contribution in [0.5, 0.6) is 5.75 Å². The van der Waals surface area contributed by atoms with Gasteiger partial charge in [0.05, 0.1) is 0 Å². The smallest absolute Gasteiger partial charge is 0.483 e. The van der Waals surface area contributed by atoms with Gasteiger partial charge in [-0.1, -0.05) is 20.8 Å². The maximum Gasteiger partial charge on any atom is 0.540 e. The molecule has 0 saturated carbocycles. The van der Waals surface area contributed by atoms with E-state index < -0.39 is 49.9 Å². The molecule has 0 spiro atoms. The first kappa shape index (κ1) is 22.8. The molecule has 0 bridgehead atoms. The zero-order valence-electron chi connectivity index (χ0n) is 15.0. The van der Waals surface area contributed by atoms with E-state index in [-0.39, 0.29) is 19.8 Å². The number of ether oxygens (including phenoxy) is 1. The Balaban J connectivity index is 3.11. The van der Waals surface area contributed by atoms with E-state index in [2.05, 4.69) is 0 Å². The Morgan fingerprint density at radius 3 is 1.31 bits per heavy atom. The lowest BCUT2D eigenvalue weighted by Gasteiger charge is -2.29. The molecule has 0 N–H and O–H groups in total. The summed E-state index contributed by atoms with van der Waals surface area (Å²) >= 11 is 0. The summed E-state index contributed by atoms with van der Waals surface area (Å²) in [6, 6.07) is 0. The highest BCUT2D eigenvalue weighted by atomic mass is 28.4. The first-order chi connectivity index (χ1) is 12.3. The highest BCUT2D eigenvalue weighted by Crippen LogP contribution is 2.30. The van der Waals surface area contributed by atoms with Gasteiger partial charge in [-0.2, -0.15) is 8.78 Å². The van der Waals surface area contributed by atoms with E-state index in [4.69, 9.17) is 18.0 Å². The van der Waals surface area contributed by atoms with E-state index in [0.717, 1.165) is 0 Å². The molecule has 0 saturated heterocycles. The van der Waals surface area contributed by atoms with Gasteiger partial charge in [-0.3, -0.25) is 0 Å². The van der Waals surface area contributed by atoms with Crippen LogP contribution in [0.2, 0.25) is 0 Å². The molecule has 26 heavy (non-hydrogen) atoms. The van der Waals surface area contributed by atoms with Crippen molar-refractivity contribution in [2.24, 2.45) is 0 Å². The molecular formula is C16H23F5O4Si. The zero-order valence-corrected chi connectivity index (χ0v) is 16.0. The van der Waals surface area contributed by atoms with E-state index in [9.17, 15) is 22.0 Å². The van der Waals surface area contributed by atoms with Gasteiger partial charge in [-0.25, -0.2) is 13.2 Å². The van der Waals surface area contributed by atoms with Crippen LogP contribution in [0.15, 0.2) is 0 Å². The Bertz CT molecular complexity index is 537. The second-order valence-corrected chi connectivity index (χ2v) is 7.94. The first-order valence-electron chi connectivity index (χ1n) is 8.39. The third-order valence-corrected chi connectivity index (χ3v) is 5.57. The summed E-state index contributed by atoms with van der Waals surface area (Å²) in [5.41, 5.74) is 0. The average Bonchev–Trinajstić information content (AvgIpc) is 2.65. The van der Waals surface area contributed by atoms with Crippen molar-refractivity contribution in [1.82, 2.24) is 0 Å². The van der Waals surface area contributed by atoms with Gasteiger partial charge in [0, 0.05) is 19.8 Å². The second-order valence-electron chi connectivity index (χ2n) is 5.42. The SMILES string of the molecule is CCCO[Si](COc1c(F)c(F)c(F)c(F)c1F)(OCCC)OCCC. The fourth-order valence-corrected chi connectivity index (χ4v) is 4.26. The summed E-state index contributed by atoms with van der Waals surface area (Å²) in [6.45, 7) is 6.22. The Morgan fingerprint density at radius 1 is 0.615 bits per heavy atom. The van der Waals surface area contributed by atoms with Crippen LogP contribution in [-0.2, 0) is 13.3 Å². The Kier molecular flexibility index (Phi) is 9.48. The molecule has 150 valence electrons. The molecule has 4 nitrogen and oxygen atoms in total. The van der Waals surface area contributed by atoms with Crippen molar-refractivity contribution in [3.8, 4) is 5.75 Å². The summed E-state index contributed by atoms with van der Waals surface area (Å²) in [5, 5.41) is 0. The molecule has 0 aliphatic rings. The monoisotopic (exact) mass is 402 g/mol. The van der Waals surface area contributed by atoms with E-state index >= 15 is 0 Å². The molecule has 0 radical (unpaired) electrons. The lowest BCUT2D eigenvalue weighted by molar-refractivity contribution is 0.0421. The lowest BCUT2D eigenvalue weighted by Crippen LogP contribution is -2.52. The molecule has 0 amide bonds. The van der Waals surface area contributed by atoms with Crippen molar-refractivity contribution in [3.63, 3.8) is 0 Å². The van der Waals surface area contributed by atoms with Gasteiger partial charge in [-0.15, -0.1) is 0 Å². The maximum absolute atomic E-state index is 13.8. The van der Waals surface area contributed by atoms with Crippen LogP contribution in [0.1, 0.15) is 40.0 Å². The number of rotatable bonds is 12. The maximum atomic E-state index is 13.8. The molecule has 1 rings (SSSR count). The van der Waals surface area contributed by atoms with Crippen molar-refractivity contribution in [3.05, 3.63) is 29.1 Å². The summed E-state index contributed by atoms with van der Waals surface area (Å²) in [5.74, 6) is -11.9. The number of benzene rings is 1. The molecule has 0 fully saturated rings. The molecule has 0 aliphatic carbocycles. The van der Waals surface area contributed by atoms with E-state index in [0.29, 0.717) is 19.3 Å². The second kappa shape index (κ2) is 10.8. The van der Waals surface area contributed by atoms with Gasteiger partial charge >= 0.3 is 8.80 Å². The van der Waals surface area contributed by atoms with Crippen LogP contribution >= 0.6 is 0 Å². The van der Waals surface area contributed by atoms with Crippen LogP contribution in [0.3, 0.4) is 0 Å². The third-order valence-electron chi connectivity index (χ3n) is 3.14. The molecule has 0 atom stereocenters. The van der Waals surface area contributed by atoms with Gasteiger partial charge in [0.2, 0.25) is 29.1 Å². The minimum absolute atomic E-state index is 0.236. The highest BCUT2D eigenvalue weighted by molar-refractivity contribution is 6.60. The molecule has 10 heteroatoms. The fourth-order valence-electron chi connectivity index (χ4n) is 1.89. The van der Waals surface area contributed by atoms with E-state index in [1.165, 1.54) is 0 Å². The van der Waals surface area contributed by atoms with Crippen LogP contribution in [0.4, 0.5) is 22.0 Å². The van der Waals surface area contributed by atoms with Crippen molar-refractivity contribution in [1.29, 1.82) is 0 Å². The number of hydrogen-bond acceptors (Lipinski definition) is 4. The lowest BCUT2D eigenvalue weighted by atomic mass is 10.3. The van der Waals surface area contributed by atoms with Crippen LogP contribution in [0.25, 0.3) is 0 Å². The largest absolute Gasteiger partial charge is 0.540 e. The molecule has 1 aromatic carbocycles. The minimum Gasteiger partial charge on any atom is -0.483 e. The Morgan fingerprint density at radius 2 is 0.962 bits per heavy atom. The van der Waals surface area contributed by atoms with E-state index in [1.54, 1.807) is 0 Å². The van der Waals surface area contributed by atoms with Crippen LogP contribution in [0, 0.1) is 29.1 Å². The fraction of sp³-hybridized carbons (Fsp3) is 0.625. The average molecular weight is 402 g/mol. The van der Waals surface area contributed by atoms with Gasteiger partial charge in [0.1, 0.15) is 0 Å². The Hall–Kier alpha value is -1.23. The van der Waals surface area contributed by atoms with Crippen molar-refractivity contribution in [2.45, 2.75) is 40.0 Å². The van der Waals surface area contributed by atoms with Crippen LogP contribution < -0.4 is 4.74 Å². The zero-order chi connectivity index (χ0) is 19.7. The number of halogens is 5. The highest BCUT2D eigenvalue weighted by Gasteiger charge is 2.43. The van der Waals surface area contributed by atoms with E-state index in [1.807, 2.05) is 20.8 Å². The predicted octanol–water partition coefficient (Wildman–Crippen LogP) is 4.52. The molecule has 0 heterocycles. The van der Waals surface area contributed by atoms with Crippen molar-refractivity contribution in [2.75, 3.05) is 26.1 Å². The topological polar surface area (TPSA) is 36.9 Å². The van der Waals surface area contributed by atoms with Gasteiger partial charge in [0.15, 0.2) is 12.0 Å². The summed E-state index contributed by atoms with van der Waals surface area (Å²) < 4.78 is 89.1. The summed E-state index contributed by atoms with van der Waals surface area (Å²) in [7, 11) is -3.53. The van der Waals surface area contributed by atoms with Gasteiger partial charge in [0.25, 0.3) is 0 Å². The predicted molar refractivity (Wildman–Crippen MR) is 86.2 cm³/mol. The van der Waals surface area contributed by atoms with Gasteiger partial charge in [-0.05, 0) is 19.3 Å². The summed E-state index contributed by atoms with van der Waals surface area (Å²) in [6.07, 6.45) is 1.26. The van der Waals surface area contributed by atoms with Crippen molar-refractivity contribution < 1.29 is 40.0 Å². The molecule has 0 aromatic heterocycles. The molecule has 0 unspecified atom stereocenters. The van der Waals surface area contributed by atoms with Crippen LogP contribution in [-0.4, -0.2) is 34.9 Å². The molecule has 1 aromatic rings. The Labute approximate surface area is 150 Å². The molecule has 0 aliphatic heterocycles. The van der Waals surface area contributed by atoms with Crippen molar-refractivity contribution >= 4 is 8.80 Å². The van der Waals surface area contributed by atoms with Gasteiger partial charge < -0.3 is 18.0 Å². The molecular weight excluding hydrogens is 379 g/mol. The summed E-state index contributed by atoms with van der Waals surface area (Å²) in [4.78, 5) is 0. The first-order valence-corrected chi connectivity index (χ1v) is 10.3. The number of hydrogen-bond donors (Lipinski definition) is 0. The third kappa shape index (κ3) is 5.63. The normalized spacial score (nSPS) is 11.8. The quantitative estimate of drug-likeness (QED) is 0.223.